The molecule has 1 aliphatic heterocycles. The van der Waals surface area contributed by atoms with Crippen LogP contribution in [0.1, 0.15) is 38.8 Å². The SMILES string of the molecule is CC(C)C1CCN(C(C)c2ccccc2)C(=O)O1. The Morgan fingerprint density at radius 1 is 1.22 bits per heavy atom. The van der Waals surface area contributed by atoms with Gasteiger partial charge in [0.1, 0.15) is 6.10 Å². The smallest absolute Gasteiger partial charge is 0.410 e. The van der Waals surface area contributed by atoms with Gasteiger partial charge in [-0.15, -0.1) is 0 Å². The van der Waals surface area contributed by atoms with Crippen molar-refractivity contribution in [3.05, 3.63) is 35.9 Å². The molecule has 98 valence electrons. The summed E-state index contributed by atoms with van der Waals surface area (Å²) in [6.07, 6.45) is 0.800. The second-order valence-electron chi connectivity index (χ2n) is 5.23. The van der Waals surface area contributed by atoms with E-state index in [0.717, 1.165) is 18.5 Å². The standard InChI is InChI=1S/C15H21NO2/c1-11(2)14-9-10-16(15(17)18-14)12(3)13-7-5-4-6-8-13/h4-8,11-12,14H,9-10H2,1-3H3. The van der Waals surface area contributed by atoms with E-state index in [1.807, 2.05) is 42.2 Å². The van der Waals surface area contributed by atoms with Crippen LogP contribution < -0.4 is 0 Å². The maximum atomic E-state index is 12.0. The van der Waals surface area contributed by atoms with Gasteiger partial charge in [-0.05, 0) is 18.4 Å². The fraction of sp³-hybridized carbons (Fsp3) is 0.533. The molecule has 0 N–H and O–H groups in total. The van der Waals surface area contributed by atoms with Gasteiger partial charge in [-0.25, -0.2) is 4.79 Å². The normalized spacial score (nSPS) is 21.9. The van der Waals surface area contributed by atoms with Crippen LogP contribution in [-0.4, -0.2) is 23.6 Å². The predicted octanol–water partition coefficient (Wildman–Crippen LogP) is 3.61. The van der Waals surface area contributed by atoms with Crippen LogP contribution in [0.15, 0.2) is 30.3 Å². The minimum atomic E-state index is -0.184. The molecule has 3 nitrogen and oxygen atoms in total. The summed E-state index contributed by atoms with van der Waals surface area (Å²) in [6, 6.07) is 10.2. The van der Waals surface area contributed by atoms with Crippen molar-refractivity contribution < 1.29 is 9.53 Å². The van der Waals surface area contributed by atoms with Crippen LogP contribution in [0.5, 0.6) is 0 Å². The molecule has 1 heterocycles. The highest BCUT2D eigenvalue weighted by Crippen LogP contribution is 2.26. The molecule has 2 unspecified atom stereocenters. The van der Waals surface area contributed by atoms with Crippen molar-refractivity contribution in [2.45, 2.75) is 39.3 Å². The Labute approximate surface area is 109 Å². The monoisotopic (exact) mass is 247 g/mol. The lowest BCUT2D eigenvalue weighted by Crippen LogP contribution is -2.44. The number of rotatable bonds is 3. The lowest BCUT2D eigenvalue weighted by Gasteiger charge is -2.37. The Balaban J connectivity index is 2.05. The number of benzene rings is 1. The fourth-order valence-electron chi connectivity index (χ4n) is 2.35. The van der Waals surface area contributed by atoms with Crippen LogP contribution in [0.4, 0.5) is 4.79 Å². The van der Waals surface area contributed by atoms with Gasteiger partial charge in [-0.2, -0.15) is 0 Å². The zero-order valence-corrected chi connectivity index (χ0v) is 11.3. The third-order valence-corrected chi connectivity index (χ3v) is 3.63. The lowest BCUT2D eigenvalue weighted by atomic mass is 10.0. The van der Waals surface area contributed by atoms with Crippen molar-refractivity contribution in [1.29, 1.82) is 0 Å². The van der Waals surface area contributed by atoms with Gasteiger partial charge >= 0.3 is 6.09 Å². The third-order valence-electron chi connectivity index (χ3n) is 3.63. The van der Waals surface area contributed by atoms with Crippen LogP contribution in [0.25, 0.3) is 0 Å². The lowest BCUT2D eigenvalue weighted by molar-refractivity contribution is -0.00565. The van der Waals surface area contributed by atoms with E-state index in [4.69, 9.17) is 4.74 Å². The molecule has 18 heavy (non-hydrogen) atoms. The van der Waals surface area contributed by atoms with Crippen LogP contribution in [0.2, 0.25) is 0 Å². The summed E-state index contributed by atoms with van der Waals surface area (Å²) in [5, 5.41) is 0. The van der Waals surface area contributed by atoms with E-state index in [0.29, 0.717) is 5.92 Å². The average molecular weight is 247 g/mol. The molecular weight excluding hydrogens is 226 g/mol. The molecular formula is C15H21NO2. The minimum Gasteiger partial charge on any atom is -0.446 e. The molecule has 0 spiro atoms. The quantitative estimate of drug-likeness (QED) is 0.816. The van der Waals surface area contributed by atoms with Gasteiger partial charge in [-0.1, -0.05) is 44.2 Å². The van der Waals surface area contributed by atoms with Crippen LogP contribution >= 0.6 is 0 Å². The van der Waals surface area contributed by atoms with E-state index in [2.05, 4.69) is 13.8 Å². The Hall–Kier alpha value is -1.51. The van der Waals surface area contributed by atoms with Gasteiger partial charge in [-0.3, -0.25) is 0 Å². The molecule has 1 aromatic rings. The highest BCUT2D eigenvalue weighted by atomic mass is 16.6. The van der Waals surface area contributed by atoms with Crippen molar-refractivity contribution in [3.8, 4) is 0 Å². The first-order valence-electron chi connectivity index (χ1n) is 6.61. The summed E-state index contributed by atoms with van der Waals surface area (Å²) >= 11 is 0. The number of hydrogen-bond acceptors (Lipinski definition) is 2. The number of hydrogen-bond donors (Lipinski definition) is 0. The molecule has 1 amide bonds. The van der Waals surface area contributed by atoms with Gasteiger partial charge in [0.2, 0.25) is 0 Å². The summed E-state index contributed by atoms with van der Waals surface area (Å²) in [7, 11) is 0. The van der Waals surface area contributed by atoms with E-state index < -0.39 is 0 Å². The Kier molecular flexibility index (Phi) is 3.90. The highest BCUT2D eigenvalue weighted by Gasteiger charge is 2.32. The molecule has 0 aromatic heterocycles. The zero-order chi connectivity index (χ0) is 13.1. The van der Waals surface area contributed by atoms with Gasteiger partial charge < -0.3 is 9.64 Å². The summed E-state index contributed by atoms with van der Waals surface area (Å²) in [5.41, 5.74) is 1.15. The van der Waals surface area contributed by atoms with Crippen molar-refractivity contribution in [2.24, 2.45) is 5.92 Å². The van der Waals surface area contributed by atoms with E-state index in [9.17, 15) is 4.79 Å². The number of carbonyl (C=O) groups excluding carboxylic acids is 1. The first-order chi connectivity index (χ1) is 8.59. The van der Waals surface area contributed by atoms with Crippen molar-refractivity contribution in [1.82, 2.24) is 4.90 Å². The third kappa shape index (κ3) is 2.66. The van der Waals surface area contributed by atoms with Crippen molar-refractivity contribution in [3.63, 3.8) is 0 Å². The van der Waals surface area contributed by atoms with Crippen molar-refractivity contribution in [2.75, 3.05) is 6.54 Å². The molecule has 0 bridgehead atoms. The molecule has 0 saturated carbocycles. The van der Waals surface area contributed by atoms with Crippen molar-refractivity contribution >= 4 is 6.09 Å². The zero-order valence-electron chi connectivity index (χ0n) is 11.3. The van der Waals surface area contributed by atoms with Gasteiger partial charge in [0, 0.05) is 13.0 Å². The molecule has 0 radical (unpaired) electrons. The van der Waals surface area contributed by atoms with Crippen LogP contribution in [0.3, 0.4) is 0 Å². The van der Waals surface area contributed by atoms with E-state index >= 15 is 0 Å². The predicted molar refractivity (Wildman–Crippen MR) is 71.3 cm³/mol. The molecule has 1 saturated heterocycles. The number of ether oxygens (including phenoxy) is 1. The first-order valence-corrected chi connectivity index (χ1v) is 6.61. The molecule has 0 aliphatic carbocycles. The van der Waals surface area contributed by atoms with E-state index in [1.165, 1.54) is 0 Å². The molecule has 1 aliphatic rings. The first kappa shape index (κ1) is 12.9. The number of cyclic esters (lactones) is 1. The topological polar surface area (TPSA) is 29.5 Å². The van der Waals surface area contributed by atoms with E-state index in [1.54, 1.807) is 0 Å². The molecule has 2 atom stereocenters. The van der Waals surface area contributed by atoms with Crippen LogP contribution in [0, 0.1) is 5.92 Å². The fourth-order valence-corrected chi connectivity index (χ4v) is 2.35. The summed E-state index contributed by atoms with van der Waals surface area (Å²) in [4.78, 5) is 13.8. The summed E-state index contributed by atoms with van der Waals surface area (Å²) in [6.45, 7) is 7.01. The largest absolute Gasteiger partial charge is 0.446 e. The second-order valence-corrected chi connectivity index (χ2v) is 5.23. The van der Waals surface area contributed by atoms with Gasteiger partial charge in [0.05, 0.1) is 6.04 Å². The molecule has 1 aromatic carbocycles. The highest BCUT2D eigenvalue weighted by molar-refractivity contribution is 5.69. The maximum absolute atomic E-state index is 12.0. The van der Waals surface area contributed by atoms with Gasteiger partial charge in [0.25, 0.3) is 0 Å². The number of carbonyl (C=O) groups is 1. The molecule has 3 heteroatoms. The Morgan fingerprint density at radius 3 is 2.44 bits per heavy atom. The van der Waals surface area contributed by atoms with Gasteiger partial charge in [0.15, 0.2) is 0 Å². The summed E-state index contributed by atoms with van der Waals surface area (Å²) < 4.78 is 5.49. The maximum Gasteiger partial charge on any atom is 0.410 e. The van der Waals surface area contributed by atoms with E-state index in [-0.39, 0.29) is 18.2 Å². The second kappa shape index (κ2) is 5.42. The Bertz CT molecular complexity index is 402. The number of amides is 1. The average Bonchev–Trinajstić information content (AvgIpc) is 2.38. The number of nitrogens with zero attached hydrogens (tertiary/aromatic N) is 1. The molecule has 2 rings (SSSR count). The molecule has 1 fully saturated rings. The Morgan fingerprint density at radius 2 is 1.89 bits per heavy atom. The minimum absolute atomic E-state index is 0.0664. The summed E-state index contributed by atoms with van der Waals surface area (Å²) in [5.74, 6) is 0.392. The van der Waals surface area contributed by atoms with Crippen LogP contribution in [-0.2, 0) is 4.74 Å².